The molecule has 178 valence electrons. The molecule has 0 radical (unpaired) electrons. The normalized spacial score (nSPS) is 11.4. The van der Waals surface area contributed by atoms with Crippen molar-refractivity contribution in [3.05, 3.63) is 88.4 Å². The van der Waals surface area contributed by atoms with Gasteiger partial charge in [-0.2, -0.15) is 4.39 Å². The van der Waals surface area contributed by atoms with Gasteiger partial charge in [-0.3, -0.25) is 14.9 Å². The lowest BCUT2D eigenvalue weighted by atomic mass is 9.99. The fourth-order valence-corrected chi connectivity index (χ4v) is 3.73. The number of fused-ring (bicyclic) bond motifs is 1. The number of ether oxygens (including phenoxy) is 2. The van der Waals surface area contributed by atoms with E-state index in [1.165, 1.54) is 19.3 Å². The summed E-state index contributed by atoms with van der Waals surface area (Å²) in [5.74, 6) is -0.308. The number of methoxy groups -OCH3 is 2. The maximum Gasteiger partial charge on any atom is 0.306 e. The predicted molar refractivity (Wildman–Crippen MR) is 130 cm³/mol. The van der Waals surface area contributed by atoms with Crippen LogP contribution in [0.1, 0.15) is 12.5 Å². The van der Waals surface area contributed by atoms with Crippen LogP contribution >= 0.6 is 0 Å². The Kier molecular flexibility index (Phi) is 6.50. The van der Waals surface area contributed by atoms with Gasteiger partial charge in [0.05, 0.1) is 25.4 Å². The minimum Gasteiger partial charge on any atom is -0.497 e. The van der Waals surface area contributed by atoms with Crippen LogP contribution < -0.4 is 14.8 Å². The predicted octanol–water partition coefficient (Wildman–Crippen LogP) is 6.21. The Balaban J connectivity index is 1.69. The van der Waals surface area contributed by atoms with Crippen LogP contribution in [0.25, 0.3) is 27.7 Å². The summed E-state index contributed by atoms with van der Waals surface area (Å²) in [5.41, 5.74) is 2.97. The molecule has 0 atom stereocenters. The minimum atomic E-state index is -0.982. The van der Waals surface area contributed by atoms with E-state index in [1.807, 2.05) is 30.3 Å². The maximum absolute atomic E-state index is 13.6. The van der Waals surface area contributed by atoms with E-state index in [-0.39, 0.29) is 5.69 Å². The molecule has 35 heavy (non-hydrogen) atoms. The zero-order chi connectivity index (χ0) is 25.1. The van der Waals surface area contributed by atoms with Crippen molar-refractivity contribution in [3.63, 3.8) is 0 Å². The zero-order valence-corrected chi connectivity index (χ0v) is 19.1. The average molecular weight is 476 g/mol. The van der Waals surface area contributed by atoms with E-state index in [0.717, 1.165) is 28.6 Å². The molecule has 0 aliphatic heterocycles. The summed E-state index contributed by atoms with van der Waals surface area (Å²) in [7, 11) is 3.11. The first-order valence-electron chi connectivity index (χ1n) is 10.5. The van der Waals surface area contributed by atoms with E-state index < -0.39 is 22.3 Å². The highest BCUT2D eigenvalue weighted by Gasteiger charge is 2.17. The lowest BCUT2D eigenvalue weighted by molar-refractivity contribution is -0.387. The van der Waals surface area contributed by atoms with E-state index in [4.69, 9.17) is 13.9 Å². The Hall–Kier alpha value is -4.66. The molecular weight excluding hydrogens is 455 g/mol. The fourth-order valence-electron chi connectivity index (χ4n) is 3.73. The van der Waals surface area contributed by atoms with Gasteiger partial charge in [0.2, 0.25) is 11.7 Å². The Morgan fingerprint density at radius 2 is 1.91 bits per heavy atom. The second-order valence-corrected chi connectivity index (χ2v) is 7.67. The second-order valence-electron chi connectivity index (χ2n) is 7.67. The summed E-state index contributed by atoms with van der Waals surface area (Å²) in [4.78, 5) is 22.7. The number of carbonyl (C=O) groups is 1. The maximum atomic E-state index is 13.6. The summed E-state index contributed by atoms with van der Waals surface area (Å²) in [6.45, 7) is 1.74. The van der Waals surface area contributed by atoms with Crippen molar-refractivity contribution in [3.8, 4) is 22.6 Å². The summed E-state index contributed by atoms with van der Waals surface area (Å²) in [6.07, 6.45) is 2.99. The SMILES string of the molecule is COc1cccc(-c2coc3cc(OC)c(/C(C)=C/C(=O)Nc4ccc(F)c([N+](=O)[O-])c4)cc23)c1. The molecule has 0 bridgehead atoms. The number of allylic oxidation sites excluding steroid dienone is 1. The van der Waals surface area contributed by atoms with Crippen LogP contribution in [0, 0.1) is 15.9 Å². The van der Waals surface area contributed by atoms with Gasteiger partial charge < -0.3 is 19.2 Å². The average Bonchev–Trinajstić information content (AvgIpc) is 3.27. The molecule has 8 nitrogen and oxygen atoms in total. The van der Waals surface area contributed by atoms with E-state index in [2.05, 4.69) is 5.32 Å². The highest BCUT2D eigenvalue weighted by molar-refractivity contribution is 6.05. The fraction of sp³-hybridized carbons (Fsp3) is 0.115. The van der Waals surface area contributed by atoms with Crippen molar-refractivity contribution >= 4 is 33.8 Å². The van der Waals surface area contributed by atoms with E-state index in [0.29, 0.717) is 28.2 Å². The summed E-state index contributed by atoms with van der Waals surface area (Å²) >= 11 is 0. The largest absolute Gasteiger partial charge is 0.497 e. The number of nitro groups is 1. The molecule has 0 unspecified atom stereocenters. The van der Waals surface area contributed by atoms with Crippen LogP contribution in [-0.2, 0) is 4.79 Å². The van der Waals surface area contributed by atoms with Gasteiger partial charge in [0.1, 0.15) is 17.1 Å². The van der Waals surface area contributed by atoms with Gasteiger partial charge in [0.25, 0.3) is 0 Å². The molecule has 9 heteroatoms. The first-order valence-corrected chi connectivity index (χ1v) is 10.5. The monoisotopic (exact) mass is 476 g/mol. The van der Waals surface area contributed by atoms with Crippen LogP contribution in [0.5, 0.6) is 11.5 Å². The molecule has 1 aromatic heterocycles. The molecule has 3 aromatic carbocycles. The lowest BCUT2D eigenvalue weighted by Gasteiger charge is -2.10. The Morgan fingerprint density at radius 3 is 2.63 bits per heavy atom. The number of nitro benzene ring substituents is 1. The quantitative estimate of drug-likeness (QED) is 0.193. The standard InChI is InChI=1S/C26H21FN2O6/c1-15(9-26(30)28-17-7-8-22(27)23(11-17)29(31)32)19-12-20-21(14-35-25(20)13-24(19)34-3)16-5-4-6-18(10-16)33-2/h4-14H,1-3H3,(H,28,30)/b15-9+. The van der Waals surface area contributed by atoms with Crippen LogP contribution in [0.3, 0.4) is 0 Å². The van der Waals surface area contributed by atoms with Gasteiger partial charge in [-0.15, -0.1) is 0 Å². The van der Waals surface area contributed by atoms with Gasteiger partial charge in [-0.1, -0.05) is 12.1 Å². The number of rotatable bonds is 7. The first kappa shape index (κ1) is 23.5. The Labute approximate surface area is 199 Å². The van der Waals surface area contributed by atoms with Crippen LogP contribution in [0.15, 0.2) is 71.4 Å². The zero-order valence-electron chi connectivity index (χ0n) is 19.1. The van der Waals surface area contributed by atoms with E-state index in [9.17, 15) is 19.3 Å². The number of carbonyl (C=O) groups excluding carboxylic acids is 1. The van der Waals surface area contributed by atoms with Gasteiger partial charge in [0.15, 0.2) is 0 Å². The number of halogens is 1. The summed E-state index contributed by atoms with van der Waals surface area (Å²) in [5, 5.41) is 14.3. The molecule has 0 saturated carbocycles. The summed E-state index contributed by atoms with van der Waals surface area (Å²) < 4.78 is 30.2. The molecule has 0 aliphatic carbocycles. The Morgan fingerprint density at radius 1 is 1.11 bits per heavy atom. The number of benzene rings is 3. The van der Waals surface area contributed by atoms with Gasteiger partial charge in [-0.05, 0) is 48.4 Å². The lowest BCUT2D eigenvalue weighted by Crippen LogP contribution is -2.09. The van der Waals surface area contributed by atoms with Crippen molar-refractivity contribution in [2.45, 2.75) is 6.92 Å². The van der Waals surface area contributed by atoms with E-state index in [1.54, 1.807) is 26.4 Å². The van der Waals surface area contributed by atoms with Crippen molar-refractivity contribution in [1.29, 1.82) is 0 Å². The Bertz CT molecular complexity index is 1470. The number of nitrogens with zero attached hydrogens (tertiary/aromatic N) is 1. The van der Waals surface area contributed by atoms with Gasteiger partial charge in [-0.25, -0.2) is 0 Å². The highest BCUT2D eigenvalue weighted by Crippen LogP contribution is 2.38. The molecular formula is C26H21FN2O6. The van der Waals surface area contributed by atoms with Crippen LogP contribution in [-0.4, -0.2) is 25.1 Å². The number of anilines is 1. The van der Waals surface area contributed by atoms with Crippen molar-refractivity contribution in [1.82, 2.24) is 0 Å². The number of amides is 1. The first-order chi connectivity index (χ1) is 16.8. The van der Waals surface area contributed by atoms with Crippen molar-refractivity contribution in [2.75, 3.05) is 19.5 Å². The molecule has 1 N–H and O–H groups in total. The third kappa shape index (κ3) is 4.84. The van der Waals surface area contributed by atoms with Crippen molar-refractivity contribution in [2.24, 2.45) is 0 Å². The number of hydrogen-bond donors (Lipinski definition) is 1. The number of furan rings is 1. The third-order valence-electron chi connectivity index (χ3n) is 5.46. The van der Waals surface area contributed by atoms with Crippen LogP contribution in [0.2, 0.25) is 0 Å². The second kappa shape index (κ2) is 9.68. The van der Waals surface area contributed by atoms with E-state index >= 15 is 0 Å². The number of hydrogen-bond acceptors (Lipinski definition) is 6. The van der Waals surface area contributed by atoms with Gasteiger partial charge in [0, 0.05) is 40.4 Å². The van der Waals surface area contributed by atoms with Crippen molar-refractivity contribution < 1.29 is 28.0 Å². The van der Waals surface area contributed by atoms with Gasteiger partial charge >= 0.3 is 5.69 Å². The highest BCUT2D eigenvalue weighted by atomic mass is 19.1. The topological polar surface area (TPSA) is 104 Å². The molecule has 1 amide bonds. The summed E-state index contributed by atoms with van der Waals surface area (Å²) in [6, 6.07) is 14.3. The molecule has 4 rings (SSSR count). The number of nitrogens with one attached hydrogen (secondary N) is 1. The molecule has 0 fully saturated rings. The molecule has 4 aromatic rings. The molecule has 0 saturated heterocycles. The molecule has 0 aliphatic rings. The van der Waals surface area contributed by atoms with Crippen LogP contribution in [0.4, 0.5) is 15.8 Å². The third-order valence-corrected chi connectivity index (χ3v) is 5.46. The minimum absolute atomic E-state index is 0.102. The molecule has 1 heterocycles. The molecule has 0 spiro atoms. The smallest absolute Gasteiger partial charge is 0.306 e.